The minimum Gasteiger partial charge on any atom is -0.306 e. The van der Waals surface area contributed by atoms with Crippen LogP contribution in [0.3, 0.4) is 0 Å². The Labute approximate surface area is 108 Å². The van der Waals surface area contributed by atoms with E-state index in [-0.39, 0.29) is 0 Å². The highest BCUT2D eigenvalue weighted by Gasteiger charge is 2.43. The van der Waals surface area contributed by atoms with Crippen molar-refractivity contribution < 1.29 is 0 Å². The zero-order chi connectivity index (χ0) is 13.4. The van der Waals surface area contributed by atoms with Crippen molar-refractivity contribution in [3.63, 3.8) is 0 Å². The fraction of sp³-hybridized carbons (Fsp3) is 0.857. The Bertz CT molecular complexity index is 188. The van der Waals surface area contributed by atoms with Gasteiger partial charge in [-0.2, -0.15) is 12.6 Å². The molecule has 1 nitrogen and oxygen atoms in total. The molecule has 16 heavy (non-hydrogen) atoms. The summed E-state index contributed by atoms with van der Waals surface area (Å²) in [6, 6.07) is 0.803. The highest BCUT2D eigenvalue weighted by Crippen LogP contribution is 2.47. The summed E-state index contributed by atoms with van der Waals surface area (Å²) < 4.78 is 0. The average Bonchev–Trinajstić information content (AvgIpc) is 2.62. The van der Waals surface area contributed by atoms with Gasteiger partial charge in [0.05, 0.1) is 0 Å². The number of terminal acetylenes is 1. The first-order valence-corrected chi connectivity index (χ1v) is 6.86. The molecule has 0 bridgehead atoms. The molecule has 0 amide bonds. The topological polar surface area (TPSA) is 3.24 Å². The van der Waals surface area contributed by atoms with E-state index in [0.717, 1.165) is 12.0 Å². The second kappa shape index (κ2) is 8.96. The number of hydrogen-bond acceptors (Lipinski definition) is 2. The third-order valence-corrected chi connectivity index (χ3v) is 4.15. The Kier molecular flexibility index (Phi) is 10.2. The minimum atomic E-state index is 0.559. The van der Waals surface area contributed by atoms with Gasteiger partial charge in [-0.25, -0.2) is 0 Å². The fourth-order valence-electron chi connectivity index (χ4n) is 2.83. The van der Waals surface area contributed by atoms with E-state index in [9.17, 15) is 0 Å². The van der Waals surface area contributed by atoms with Gasteiger partial charge >= 0.3 is 0 Å². The average molecular weight is 243 g/mol. The Hall–Kier alpha value is -0.130. The Balaban J connectivity index is 0. The number of rotatable bonds is 2. The molecule has 1 aliphatic carbocycles. The van der Waals surface area contributed by atoms with E-state index in [1.165, 1.54) is 19.3 Å². The molecule has 0 aromatic rings. The van der Waals surface area contributed by atoms with Crippen LogP contribution in [0.15, 0.2) is 0 Å². The lowest BCUT2D eigenvalue weighted by molar-refractivity contribution is 0.111. The predicted molar refractivity (Wildman–Crippen MR) is 79.1 cm³/mol. The van der Waals surface area contributed by atoms with Crippen molar-refractivity contribution in [1.29, 1.82) is 0 Å². The minimum absolute atomic E-state index is 0.559. The van der Waals surface area contributed by atoms with E-state index in [1.54, 1.807) is 6.26 Å². The van der Waals surface area contributed by atoms with Crippen LogP contribution in [0, 0.1) is 24.2 Å². The molecule has 1 saturated carbocycles. The molecule has 0 radical (unpaired) electrons. The molecule has 1 aliphatic rings. The third-order valence-electron chi connectivity index (χ3n) is 4.15. The molecule has 96 valence electrons. The van der Waals surface area contributed by atoms with E-state index in [4.69, 9.17) is 0 Å². The molecule has 1 rings (SSSR count). The molecule has 2 unspecified atom stereocenters. The van der Waals surface area contributed by atoms with Crippen LogP contribution < -0.4 is 0 Å². The summed E-state index contributed by atoms with van der Waals surface area (Å²) in [5, 5.41) is 0. The van der Waals surface area contributed by atoms with Crippen molar-refractivity contribution >= 4 is 12.6 Å². The monoisotopic (exact) mass is 243 g/mol. The van der Waals surface area contributed by atoms with Crippen LogP contribution in [0.1, 0.15) is 40.0 Å². The lowest BCUT2D eigenvalue weighted by Crippen LogP contribution is -2.40. The lowest BCUT2D eigenvalue weighted by atomic mass is 9.75. The molecule has 0 saturated heterocycles. The maximum Gasteiger partial charge on any atom is 0.0145 e. The fourth-order valence-corrected chi connectivity index (χ4v) is 2.83. The maximum atomic E-state index is 4.00. The van der Waals surface area contributed by atoms with Crippen LogP contribution in [-0.2, 0) is 0 Å². The largest absolute Gasteiger partial charge is 0.306 e. The summed E-state index contributed by atoms with van der Waals surface area (Å²) in [4.78, 5) is 2.41. The van der Waals surface area contributed by atoms with Gasteiger partial charge in [-0.1, -0.05) is 20.8 Å². The molecule has 0 aliphatic heterocycles. The first-order valence-electron chi connectivity index (χ1n) is 5.97. The predicted octanol–water partition coefficient (Wildman–Crippen LogP) is 3.56. The highest BCUT2D eigenvalue weighted by atomic mass is 32.1. The lowest BCUT2D eigenvalue weighted by Gasteiger charge is -2.38. The molecule has 1 fully saturated rings. The zero-order valence-electron chi connectivity index (χ0n) is 11.8. The van der Waals surface area contributed by atoms with Crippen LogP contribution in [0.25, 0.3) is 0 Å². The third kappa shape index (κ3) is 4.03. The van der Waals surface area contributed by atoms with Crippen molar-refractivity contribution in [2.24, 2.45) is 11.3 Å². The first-order chi connectivity index (χ1) is 7.52. The molecule has 2 heteroatoms. The maximum absolute atomic E-state index is 4.00. The number of thiol groups is 1. The van der Waals surface area contributed by atoms with Gasteiger partial charge in [0.15, 0.2) is 0 Å². The van der Waals surface area contributed by atoms with Crippen LogP contribution in [0.4, 0.5) is 0 Å². The summed E-state index contributed by atoms with van der Waals surface area (Å²) in [7, 11) is 4.44. The van der Waals surface area contributed by atoms with Gasteiger partial charge in [0.2, 0.25) is 0 Å². The normalized spacial score (nSPS) is 32.4. The van der Waals surface area contributed by atoms with Gasteiger partial charge in [0.1, 0.15) is 0 Å². The van der Waals surface area contributed by atoms with E-state index < -0.39 is 0 Å². The van der Waals surface area contributed by atoms with Gasteiger partial charge in [0, 0.05) is 6.04 Å². The van der Waals surface area contributed by atoms with E-state index in [2.05, 4.69) is 65.2 Å². The molecule has 0 heterocycles. The Morgan fingerprint density at radius 1 is 1.25 bits per heavy atom. The summed E-state index contributed by atoms with van der Waals surface area (Å²) in [6.07, 6.45) is 13.8. The summed E-state index contributed by atoms with van der Waals surface area (Å²) in [5.41, 5.74) is 0.559. The molecule has 3 atom stereocenters. The van der Waals surface area contributed by atoms with Crippen molar-refractivity contribution in [2.45, 2.75) is 46.1 Å². The van der Waals surface area contributed by atoms with Crippen LogP contribution in [0.2, 0.25) is 0 Å². The van der Waals surface area contributed by atoms with Gasteiger partial charge in [-0.05, 0) is 50.9 Å². The van der Waals surface area contributed by atoms with Crippen molar-refractivity contribution in [3.05, 3.63) is 0 Å². The smallest absolute Gasteiger partial charge is 0.0145 e. The standard InChI is InChI=1S/C11H23N.C2H2.CH4S/c1-6-11(3)9(2)7-8-10(11)12(4)5;2*1-2/h9-10H,6-8H2,1-5H3;1-2H;2H,1H3/t9?,10-,11?;;/m0../s1. The van der Waals surface area contributed by atoms with Crippen molar-refractivity contribution in [1.82, 2.24) is 4.90 Å². The molecular weight excluding hydrogens is 214 g/mol. The van der Waals surface area contributed by atoms with E-state index in [1.807, 2.05) is 0 Å². The van der Waals surface area contributed by atoms with Gasteiger partial charge in [0.25, 0.3) is 0 Å². The Morgan fingerprint density at radius 3 is 1.94 bits per heavy atom. The van der Waals surface area contributed by atoms with Gasteiger partial charge in [-0.3, -0.25) is 0 Å². The molecular formula is C14H29NS. The molecule has 0 aromatic carbocycles. The van der Waals surface area contributed by atoms with Crippen LogP contribution in [0.5, 0.6) is 0 Å². The SMILES string of the molecule is C#C.CCC1(C)C(C)CC[C@@H]1N(C)C.CS. The summed E-state index contributed by atoms with van der Waals surface area (Å²) >= 11 is 3.53. The van der Waals surface area contributed by atoms with Gasteiger partial charge in [-0.15, -0.1) is 12.8 Å². The summed E-state index contributed by atoms with van der Waals surface area (Å²) in [5.74, 6) is 0.898. The molecule has 0 aromatic heterocycles. The summed E-state index contributed by atoms with van der Waals surface area (Å²) in [6.45, 7) is 7.20. The number of nitrogens with zero attached hydrogens (tertiary/aromatic N) is 1. The number of hydrogen-bond donors (Lipinski definition) is 1. The Morgan fingerprint density at radius 2 is 1.69 bits per heavy atom. The van der Waals surface area contributed by atoms with E-state index in [0.29, 0.717) is 5.41 Å². The quantitative estimate of drug-likeness (QED) is 0.573. The van der Waals surface area contributed by atoms with E-state index >= 15 is 0 Å². The second-order valence-corrected chi connectivity index (χ2v) is 4.82. The molecule has 0 spiro atoms. The van der Waals surface area contributed by atoms with Gasteiger partial charge < -0.3 is 4.90 Å². The molecule has 0 N–H and O–H groups in total. The zero-order valence-corrected chi connectivity index (χ0v) is 12.7. The van der Waals surface area contributed by atoms with Crippen molar-refractivity contribution in [3.8, 4) is 12.8 Å². The van der Waals surface area contributed by atoms with Crippen molar-refractivity contribution in [2.75, 3.05) is 20.4 Å². The first kappa shape index (κ1) is 18.2. The second-order valence-electron chi connectivity index (χ2n) is 4.82. The van der Waals surface area contributed by atoms with Crippen LogP contribution in [-0.4, -0.2) is 31.3 Å². The highest BCUT2D eigenvalue weighted by molar-refractivity contribution is 7.79. The van der Waals surface area contributed by atoms with Crippen LogP contribution >= 0.6 is 12.6 Å².